The van der Waals surface area contributed by atoms with E-state index in [1.165, 1.54) is 17.3 Å². The standard InChI is InChI=1S/C20H26FN7O2/c1-28(2)20(30)11-7-12(10-24-9-11)25-18-13(17(23)29)8-14(21)19(27-18)26-16-6-4-3-5-15(16)22/h7-10,15-16H,3-6,22H2,1-2H3,(H2,23,29)(H2,25,26,27)/t15-,16+/m0/s1. The van der Waals surface area contributed by atoms with E-state index in [9.17, 15) is 14.0 Å². The second kappa shape index (κ2) is 9.04. The molecule has 0 bridgehead atoms. The highest BCUT2D eigenvalue weighted by atomic mass is 19.1. The lowest BCUT2D eigenvalue weighted by Crippen LogP contribution is -2.43. The third-order valence-electron chi connectivity index (χ3n) is 5.04. The summed E-state index contributed by atoms with van der Waals surface area (Å²) in [5, 5.41) is 5.98. The minimum Gasteiger partial charge on any atom is -0.365 e. The van der Waals surface area contributed by atoms with E-state index >= 15 is 0 Å². The smallest absolute Gasteiger partial charge is 0.254 e. The van der Waals surface area contributed by atoms with Gasteiger partial charge in [-0.05, 0) is 25.0 Å². The lowest BCUT2D eigenvalue weighted by atomic mass is 9.91. The quantitative estimate of drug-likeness (QED) is 0.564. The molecule has 160 valence electrons. The Morgan fingerprint density at radius 2 is 1.90 bits per heavy atom. The van der Waals surface area contributed by atoms with Crippen molar-refractivity contribution in [2.45, 2.75) is 37.8 Å². The van der Waals surface area contributed by atoms with Crippen LogP contribution in [0.3, 0.4) is 0 Å². The van der Waals surface area contributed by atoms with Gasteiger partial charge in [-0.1, -0.05) is 12.8 Å². The maximum absolute atomic E-state index is 14.6. The molecule has 0 aromatic carbocycles. The SMILES string of the molecule is CN(C)C(=O)c1cncc(Nc2nc(N[C@@H]3CCCC[C@@H]3N)c(F)cc2C(N)=O)c1. The monoisotopic (exact) mass is 415 g/mol. The van der Waals surface area contributed by atoms with Crippen LogP contribution in [0.25, 0.3) is 0 Å². The average molecular weight is 415 g/mol. The van der Waals surface area contributed by atoms with Crippen LogP contribution in [0.1, 0.15) is 46.4 Å². The minimum atomic E-state index is -0.835. The molecule has 1 saturated carbocycles. The normalized spacial score (nSPS) is 18.5. The predicted molar refractivity (Wildman–Crippen MR) is 112 cm³/mol. The first kappa shape index (κ1) is 21.4. The Morgan fingerprint density at radius 3 is 2.57 bits per heavy atom. The summed E-state index contributed by atoms with van der Waals surface area (Å²) < 4.78 is 14.6. The van der Waals surface area contributed by atoms with Crippen molar-refractivity contribution in [3.8, 4) is 0 Å². The van der Waals surface area contributed by atoms with Crippen molar-refractivity contribution in [1.82, 2.24) is 14.9 Å². The average Bonchev–Trinajstić information content (AvgIpc) is 2.71. The van der Waals surface area contributed by atoms with Crippen LogP contribution in [0.2, 0.25) is 0 Å². The highest BCUT2D eigenvalue weighted by Crippen LogP contribution is 2.27. The predicted octanol–water partition coefficient (Wildman–Crippen LogP) is 1.84. The Hall–Kier alpha value is -3.27. The van der Waals surface area contributed by atoms with Crippen molar-refractivity contribution < 1.29 is 14.0 Å². The molecule has 0 aliphatic heterocycles. The molecular formula is C20H26FN7O2. The fourth-order valence-electron chi connectivity index (χ4n) is 3.41. The number of carbonyl (C=O) groups is 2. The molecule has 0 spiro atoms. The van der Waals surface area contributed by atoms with Gasteiger partial charge in [0.2, 0.25) is 0 Å². The van der Waals surface area contributed by atoms with Gasteiger partial charge >= 0.3 is 0 Å². The summed E-state index contributed by atoms with van der Waals surface area (Å²) in [7, 11) is 3.26. The fraction of sp³-hybridized carbons (Fsp3) is 0.400. The number of carbonyl (C=O) groups excluding carboxylic acids is 2. The van der Waals surface area contributed by atoms with Crippen LogP contribution in [0.5, 0.6) is 0 Å². The van der Waals surface area contributed by atoms with E-state index in [4.69, 9.17) is 11.5 Å². The Bertz CT molecular complexity index is 951. The van der Waals surface area contributed by atoms with Gasteiger partial charge in [0, 0.05) is 32.4 Å². The zero-order valence-corrected chi connectivity index (χ0v) is 17.0. The maximum atomic E-state index is 14.6. The molecule has 2 atom stereocenters. The fourth-order valence-corrected chi connectivity index (χ4v) is 3.41. The Morgan fingerprint density at radius 1 is 1.17 bits per heavy atom. The summed E-state index contributed by atoms with van der Waals surface area (Å²) in [6.07, 6.45) is 6.58. The summed E-state index contributed by atoms with van der Waals surface area (Å²) in [5.41, 5.74) is 12.2. The number of hydrogen-bond donors (Lipinski definition) is 4. The number of nitrogens with two attached hydrogens (primary N) is 2. The van der Waals surface area contributed by atoms with E-state index in [0.717, 1.165) is 31.7 Å². The number of nitrogens with zero attached hydrogens (tertiary/aromatic N) is 3. The lowest BCUT2D eigenvalue weighted by Gasteiger charge is -2.30. The Balaban J connectivity index is 1.92. The van der Waals surface area contributed by atoms with Gasteiger partial charge in [-0.15, -0.1) is 0 Å². The summed E-state index contributed by atoms with van der Waals surface area (Å²) in [5.74, 6) is -1.72. The summed E-state index contributed by atoms with van der Waals surface area (Å²) in [4.78, 5) is 33.7. The first-order chi connectivity index (χ1) is 14.3. The van der Waals surface area contributed by atoms with Gasteiger partial charge in [0.05, 0.1) is 23.0 Å². The highest BCUT2D eigenvalue weighted by molar-refractivity contribution is 5.99. The van der Waals surface area contributed by atoms with Crippen LogP contribution in [0.15, 0.2) is 24.5 Å². The molecule has 2 aromatic heterocycles. The zero-order chi connectivity index (χ0) is 21.8. The van der Waals surface area contributed by atoms with Gasteiger partial charge in [-0.2, -0.15) is 0 Å². The Labute approximate surface area is 174 Å². The summed E-state index contributed by atoms with van der Waals surface area (Å²) >= 11 is 0. The van der Waals surface area contributed by atoms with Gasteiger partial charge in [-0.3, -0.25) is 14.6 Å². The maximum Gasteiger partial charge on any atom is 0.254 e. The van der Waals surface area contributed by atoms with E-state index in [1.807, 2.05) is 0 Å². The molecule has 10 heteroatoms. The molecule has 1 aliphatic carbocycles. The van der Waals surface area contributed by atoms with Gasteiger partial charge < -0.3 is 27.0 Å². The molecule has 0 radical (unpaired) electrons. The molecule has 2 aromatic rings. The number of halogens is 1. The van der Waals surface area contributed by atoms with E-state index in [2.05, 4.69) is 20.6 Å². The van der Waals surface area contributed by atoms with E-state index in [-0.39, 0.29) is 35.2 Å². The number of amides is 2. The van der Waals surface area contributed by atoms with Crippen molar-refractivity contribution in [3.05, 3.63) is 41.5 Å². The van der Waals surface area contributed by atoms with Crippen molar-refractivity contribution in [2.24, 2.45) is 11.5 Å². The van der Waals surface area contributed by atoms with Crippen LogP contribution < -0.4 is 22.1 Å². The van der Waals surface area contributed by atoms with Crippen molar-refractivity contribution in [1.29, 1.82) is 0 Å². The zero-order valence-electron chi connectivity index (χ0n) is 17.0. The number of rotatable bonds is 6. The van der Waals surface area contributed by atoms with Crippen LogP contribution in [0, 0.1) is 5.82 Å². The lowest BCUT2D eigenvalue weighted by molar-refractivity contribution is 0.0827. The molecule has 3 rings (SSSR count). The van der Waals surface area contributed by atoms with E-state index in [1.54, 1.807) is 20.2 Å². The largest absolute Gasteiger partial charge is 0.365 e. The topological polar surface area (TPSA) is 139 Å². The first-order valence-corrected chi connectivity index (χ1v) is 9.72. The van der Waals surface area contributed by atoms with Crippen molar-refractivity contribution >= 4 is 29.1 Å². The van der Waals surface area contributed by atoms with Crippen LogP contribution in [-0.2, 0) is 0 Å². The molecule has 9 nitrogen and oxygen atoms in total. The Kier molecular flexibility index (Phi) is 6.46. The van der Waals surface area contributed by atoms with Crippen molar-refractivity contribution in [2.75, 3.05) is 24.7 Å². The molecule has 2 heterocycles. The third-order valence-corrected chi connectivity index (χ3v) is 5.04. The number of hydrogen-bond acceptors (Lipinski definition) is 7. The van der Waals surface area contributed by atoms with E-state index < -0.39 is 11.7 Å². The molecule has 0 saturated heterocycles. The molecular weight excluding hydrogens is 389 g/mol. The van der Waals surface area contributed by atoms with Crippen LogP contribution in [-0.4, -0.2) is 52.9 Å². The molecule has 1 fully saturated rings. The van der Waals surface area contributed by atoms with E-state index in [0.29, 0.717) is 11.3 Å². The number of nitrogens with one attached hydrogen (secondary N) is 2. The molecule has 0 unspecified atom stereocenters. The summed E-state index contributed by atoms with van der Waals surface area (Å²) in [6, 6.07) is 2.38. The van der Waals surface area contributed by atoms with Gasteiger partial charge in [0.15, 0.2) is 11.6 Å². The molecule has 6 N–H and O–H groups in total. The molecule has 2 amide bonds. The highest BCUT2D eigenvalue weighted by Gasteiger charge is 2.24. The minimum absolute atomic E-state index is 0.0154. The number of primary amides is 1. The molecule has 30 heavy (non-hydrogen) atoms. The second-order valence-corrected chi connectivity index (χ2v) is 7.57. The van der Waals surface area contributed by atoms with Gasteiger partial charge in [0.1, 0.15) is 5.82 Å². The first-order valence-electron chi connectivity index (χ1n) is 9.72. The number of pyridine rings is 2. The molecule has 1 aliphatic rings. The second-order valence-electron chi connectivity index (χ2n) is 7.57. The number of aromatic nitrogens is 2. The summed E-state index contributed by atoms with van der Waals surface area (Å²) in [6.45, 7) is 0. The van der Waals surface area contributed by atoms with Gasteiger partial charge in [-0.25, -0.2) is 9.37 Å². The van der Waals surface area contributed by atoms with Crippen molar-refractivity contribution in [3.63, 3.8) is 0 Å². The third kappa shape index (κ3) is 4.82. The van der Waals surface area contributed by atoms with Crippen LogP contribution >= 0.6 is 0 Å². The van der Waals surface area contributed by atoms with Gasteiger partial charge in [0.25, 0.3) is 11.8 Å². The number of anilines is 3. The van der Waals surface area contributed by atoms with Crippen LogP contribution in [0.4, 0.5) is 21.7 Å².